The van der Waals surface area contributed by atoms with E-state index in [1.54, 1.807) is 31.2 Å². The fourth-order valence-electron chi connectivity index (χ4n) is 3.65. The van der Waals surface area contributed by atoms with E-state index in [9.17, 15) is 19.2 Å². The van der Waals surface area contributed by atoms with Crippen LogP contribution in [0.15, 0.2) is 36.4 Å². The SMILES string of the molecule is C=C(C)C(C(=O)O[Si](C)(C)C)N1C(=O)C(N2C(=O)c3ccccc3C2=O)C1SO[Si](C)(C)C. The molecule has 1 fully saturated rings. The van der Waals surface area contributed by atoms with E-state index in [-0.39, 0.29) is 11.1 Å². The van der Waals surface area contributed by atoms with Gasteiger partial charge in [-0.2, -0.15) is 0 Å². The predicted molar refractivity (Wildman–Crippen MR) is 131 cm³/mol. The van der Waals surface area contributed by atoms with Crippen LogP contribution in [0.4, 0.5) is 0 Å². The minimum atomic E-state index is -2.24. The zero-order chi connectivity index (χ0) is 24.9. The molecule has 178 valence electrons. The van der Waals surface area contributed by atoms with Crippen LogP contribution in [-0.4, -0.2) is 67.6 Å². The molecule has 3 rings (SSSR count). The van der Waals surface area contributed by atoms with E-state index >= 15 is 0 Å². The summed E-state index contributed by atoms with van der Waals surface area (Å²) in [4.78, 5) is 54.9. The summed E-state index contributed by atoms with van der Waals surface area (Å²) in [6.45, 7) is 17.1. The van der Waals surface area contributed by atoms with Gasteiger partial charge in [-0.05, 0) is 63.9 Å². The molecule has 1 saturated heterocycles. The summed E-state index contributed by atoms with van der Waals surface area (Å²) in [7, 11) is -4.29. The minimum Gasteiger partial charge on any atom is -0.518 e. The zero-order valence-electron chi connectivity index (χ0n) is 20.0. The molecule has 3 amide bonds. The lowest BCUT2D eigenvalue weighted by molar-refractivity contribution is -0.160. The molecular formula is C22H30N2O6SSi2. The summed E-state index contributed by atoms with van der Waals surface area (Å²) >= 11 is 1.02. The van der Waals surface area contributed by atoms with Crippen molar-refractivity contribution in [1.29, 1.82) is 0 Å². The molecule has 0 N–H and O–H groups in total. The Hall–Kier alpha value is -2.22. The second-order valence-electron chi connectivity index (χ2n) is 10.2. The highest BCUT2D eigenvalue weighted by Crippen LogP contribution is 2.41. The van der Waals surface area contributed by atoms with Crippen LogP contribution in [0.5, 0.6) is 0 Å². The molecule has 3 atom stereocenters. The van der Waals surface area contributed by atoms with Gasteiger partial charge in [0.15, 0.2) is 12.1 Å². The molecule has 1 aromatic rings. The van der Waals surface area contributed by atoms with E-state index in [2.05, 4.69) is 6.58 Å². The maximum absolute atomic E-state index is 13.4. The van der Waals surface area contributed by atoms with Crippen molar-refractivity contribution in [2.75, 3.05) is 0 Å². The van der Waals surface area contributed by atoms with Gasteiger partial charge in [0, 0.05) is 12.0 Å². The topological polar surface area (TPSA) is 93.2 Å². The molecule has 33 heavy (non-hydrogen) atoms. The molecule has 3 unspecified atom stereocenters. The van der Waals surface area contributed by atoms with Gasteiger partial charge in [0.2, 0.25) is 16.6 Å². The number of carbonyl (C=O) groups is 4. The van der Waals surface area contributed by atoms with Gasteiger partial charge in [-0.1, -0.05) is 18.7 Å². The van der Waals surface area contributed by atoms with Crippen molar-refractivity contribution < 1.29 is 27.5 Å². The van der Waals surface area contributed by atoms with Gasteiger partial charge in [-0.15, -0.1) is 0 Å². The Kier molecular flexibility index (Phi) is 6.82. The predicted octanol–water partition coefficient (Wildman–Crippen LogP) is 3.64. The first-order valence-electron chi connectivity index (χ1n) is 10.7. The van der Waals surface area contributed by atoms with Gasteiger partial charge in [-0.25, -0.2) is 0 Å². The number of amides is 3. The second kappa shape index (κ2) is 8.86. The summed E-state index contributed by atoms with van der Waals surface area (Å²) < 4.78 is 11.7. The van der Waals surface area contributed by atoms with Crippen LogP contribution in [0.2, 0.25) is 39.3 Å². The highest BCUT2D eigenvalue weighted by molar-refractivity contribution is 7.96. The number of fused-ring (bicyclic) bond motifs is 1. The van der Waals surface area contributed by atoms with Gasteiger partial charge in [-0.3, -0.25) is 24.1 Å². The molecule has 2 aliphatic rings. The first-order chi connectivity index (χ1) is 15.1. The van der Waals surface area contributed by atoms with Gasteiger partial charge < -0.3 is 13.2 Å². The number of β-lactam (4-membered cyclic amide) rings is 1. The van der Waals surface area contributed by atoms with Crippen LogP contribution >= 0.6 is 12.0 Å². The first kappa shape index (κ1) is 25.4. The van der Waals surface area contributed by atoms with Crippen LogP contribution in [-0.2, 0) is 17.9 Å². The molecule has 8 nitrogen and oxygen atoms in total. The van der Waals surface area contributed by atoms with Crippen molar-refractivity contribution in [1.82, 2.24) is 9.80 Å². The van der Waals surface area contributed by atoms with E-state index < -0.39 is 57.8 Å². The fourth-order valence-corrected chi connectivity index (χ4v) is 6.57. The summed E-state index contributed by atoms with van der Waals surface area (Å²) in [6.07, 6.45) is 0. The third-order valence-electron chi connectivity index (χ3n) is 4.93. The normalized spacial score (nSPS) is 21.6. The average molecular weight is 507 g/mol. The van der Waals surface area contributed by atoms with E-state index in [4.69, 9.17) is 8.30 Å². The molecule has 0 saturated carbocycles. The number of likely N-dealkylation sites (tertiary alicyclic amines) is 1. The minimum absolute atomic E-state index is 0.262. The molecule has 1 aromatic carbocycles. The van der Waals surface area contributed by atoms with Crippen molar-refractivity contribution >= 4 is 52.4 Å². The van der Waals surface area contributed by atoms with Gasteiger partial charge in [0.25, 0.3) is 17.7 Å². The lowest BCUT2D eigenvalue weighted by Crippen LogP contribution is -2.74. The van der Waals surface area contributed by atoms with Crippen molar-refractivity contribution in [2.24, 2.45) is 0 Å². The molecule has 0 aromatic heterocycles. The van der Waals surface area contributed by atoms with Crippen molar-refractivity contribution in [3.8, 4) is 0 Å². The Bertz CT molecular complexity index is 997. The maximum Gasteiger partial charge on any atom is 0.319 e. The van der Waals surface area contributed by atoms with E-state index in [0.29, 0.717) is 5.57 Å². The van der Waals surface area contributed by atoms with Crippen LogP contribution < -0.4 is 0 Å². The lowest BCUT2D eigenvalue weighted by atomic mass is 9.98. The largest absolute Gasteiger partial charge is 0.518 e. The van der Waals surface area contributed by atoms with E-state index in [0.717, 1.165) is 16.9 Å². The number of hydrogen-bond acceptors (Lipinski definition) is 7. The Balaban J connectivity index is 1.97. The Morgan fingerprint density at radius 2 is 1.52 bits per heavy atom. The van der Waals surface area contributed by atoms with Crippen LogP contribution in [0.3, 0.4) is 0 Å². The van der Waals surface area contributed by atoms with Crippen molar-refractivity contribution in [3.63, 3.8) is 0 Å². The number of carbonyl (C=O) groups excluding carboxylic acids is 4. The average Bonchev–Trinajstić information content (AvgIpc) is 2.91. The zero-order valence-corrected chi connectivity index (χ0v) is 22.8. The van der Waals surface area contributed by atoms with Gasteiger partial charge in [0.05, 0.1) is 11.1 Å². The summed E-state index contributed by atoms with van der Waals surface area (Å²) in [5.41, 5.74) is 0.961. The Labute approximate surface area is 200 Å². The van der Waals surface area contributed by atoms with Crippen molar-refractivity contribution in [2.45, 2.75) is 63.7 Å². The second-order valence-corrected chi connectivity index (χ2v) is 20.2. The molecule has 0 radical (unpaired) electrons. The molecule has 11 heteroatoms. The van der Waals surface area contributed by atoms with Crippen LogP contribution in [0, 0.1) is 0 Å². The van der Waals surface area contributed by atoms with Crippen LogP contribution in [0.1, 0.15) is 27.6 Å². The third-order valence-corrected chi connectivity index (χ3v) is 8.81. The van der Waals surface area contributed by atoms with E-state index in [1.807, 2.05) is 39.3 Å². The monoisotopic (exact) mass is 506 g/mol. The number of rotatable bonds is 8. The molecule has 0 spiro atoms. The lowest BCUT2D eigenvalue weighted by Gasteiger charge is -2.51. The highest BCUT2D eigenvalue weighted by Gasteiger charge is 2.60. The summed E-state index contributed by atoms with van der Waals surface area (Å²) in [5.74, 6) is -2.12. The molecule has 2 aliphatic heterocycles. The number of nitrogens with zero attached hydrogens (tertiary/aromatic N) is 2. The number of benzene rings is 1. The molecule has 0 aliphatic carbocycles. The number of hydrogen-bond donors (Lipinski definition) is 0. The molecule has 2 heterocycles. The Morgan fingerprint density at radius 3 is 1.94 bits per heavy atom. The van der Waals surface area contributed by atoms with Crippen molar-refractivity contribution in [3.05, 3.63) is 47.5 Å². The Morgan fingerprint density at radius 1 is 1.00 bits per heavy atom. The third kappa shape index (κ3) is 5.00. The fraction of sp³-hybridized carbons (Fsp3) is 0.455. The van der Waals surface area contributed by atoms with E-state index in [1.165, 1.54) is 4.90 Å². The van der Waals surface area contributed by atoms with Gasteiger partial charge in [0.1, 0.15) is 5.37 Å². The van der Waals surface area contributed by atoms with Crippen LogP contribution in [0.25, 0.3) is 0 Å². The summed E-state index contributed by atoms with van der Waals surface area (Å²) in [5, 5.41) is -0.762. The first-order valence-corrected chi connectivity index (χ1v) is 18.3. The molecule has 0 bridgehead atoms. The highest BCUT2D eigenvalue weighted by atomic mass is 32.2. The number of imide groups is 1. The van der Waals surface area contributed by atoms with Gasteiger partial charge >= 0.3 is 5.97 Å². The maximum atomic E-state index is 13.4. The smallest absolute Gasteiger partial charge is 0.319 e. The standard InChI is InChI=1S/C22H30N2O6SSi2/c1-13(2)16(22(28)29-32(3,4)5)24-20(27)17(21(24)31-30-33(6,7)8)23-18(25)14-11-9-10-12-15(14)19(23)26/h9-12,16-17,21H,1H2,2-8H3. The summed E-state index contributed by atoms with van der Waals surface area (Å²) in [6, 6.07) is 4.37. The quantitative estimate of drug-likeness (QED) is 0.175. The molecular weight excluding hydrogens is 476 g/mol.